The maximum absolute atomic E-state index is 12.6. The van der Waals surface area contributed by atoms with Crippen LogP contribution in [0.2, 0.25) is 0 Å². The Hall–Kier alpha value is -2.68. The molecule has 2 saturated heterocycles. The van der Waals surface area contributed by atoms with Crippen LogP contribution in [0.1, 0.15) is 26.2 Å². The number of hydrogen-bond acceptors (Lipinski definition) is 6. The second-order valence-electron chi connectivity index (χ2n) is 7.25. The van der Waals surface area contributed by atoms with Crippen LogP contribution < -0.4 is 10.1 Å². The van der Waals surface area contributed by atoms with E-state index in [4.69, 9.17) is 4.74 Å². The lowest BCUT2D eigenvalue weighted by Gasteiger charge is -2.49. The highest BCUT2D eigenvalue weighted by Gasteiger charge is 2.37. The zero-order chi connectivity index (χ0) is 18.8. The highest BCUT2D eigenvalue weighted by Crippen LogP contribution is 2.26. The molecule has 0 bridgehead atoms. The summed E-state index contributed by atoms with van der Waals surface area (Å²) < 4.78 is 6.85. The average molecular weight is 371 g/mol. The largest absolute Gasteiger partial charge is 0.497 e. The Kier molecular flexibility index (Phi) is 4.93. The van der Waals surface area contributed by atoms with E-state index < -0.39 is 0 Å². The van der Waals surface area contributed by atoms with Gasteiger partial charge < -0.3 is 15.0 Å². The number of rotatable bonds is 4. The minimum Gasteiger partial charge on any atom is -0.497 e. The van der Waals surface area contributed by atoms with Crippen LogP contribution in [-0.4, -0.2) is 74.9 Å². The second-order valence-corrected chi connectivity index (χ2v) is 7.25. The second kappa shape index (κ2) is 7.51. The summed E-state index contributed by atoms with van der Waals surface area (Å²) in [5.41, 5.74) is 1.37. The first-order valence-corrected chi connectivity index (χ1v) is 9.38. The number of likely N-dealkylation sites (tertiary alicyclic amines) is 2. The molecule has 0 radical (unpaired) electrons. The third-order valence-electron chi connectivity index (χ3n) is 5.46. The number of carbonyl (C=O) groups is 1. The number of piperidine rings is 1. The summed E-state index contributed by atoms with van der Waals surface area (Å²) >= 11 is 0. The Morgan fingerprint density at radius 2 is 2.11 bits per heavy atom. The van der Waals surface area contributed by atoms with Crippen molar-refractivity contribution in [3.05, 3.63) is 24.5 Å². The molecule has 2 aliphatic heterocycles. The number of hydrogen-bond donors (Lipinski definition) is 1. The number of tetrazole rings is 1. The standard InChI is InChI=1S/C18H25N7O2/c1-13-5-3-4-6-24(13)16-10-23(11-16)18(26)20-14-7-15(9-17(8-14)27-2)25-12-19-21-22-25/h7-9,12-13,16H,3-6,10-11H2,1-2H3,(H,20,26)/t13-/m0/s1. The first-order valence-electron chi connectivity index (χ1n) is 9.38. The minimum absolute atomic E-state index is 0.0909. The zero-order valence-corrected chi connectivity index (χ0v) is 15.7. The summed E-state index contributed by atoms with van der Waals surface area (Å²) in [5, 5.41) is 14.1. The molecule has 4 rings (SSSR count). The molecule has 0 saturated carbocycles. The molecular formula is C18H25N7O2. The van der Waals surface area contributed by atoms with Crippen molar-refractivity contribution in [1.82, 2.24) is 30.0 Å². The molecule has 1 N–H and O–H groups in total. The van der Waals surface area contributed by atoms with Gasteiger partial charge in [0.15, 0.2) is 0 Å². The Labute approximate surface area is 158 Å². The Morgan fingerprint density at radius 1 is 1.26 bits per heavy atom. The molecule has 2 amide bonds. The highest BCUT2D eigenvalue weighted by atomic mass is 16.5. The number of carbonyl (C=O) groups excluding carboxylic acids is 1. The van der Waals surface area contributed by atoms with Crippen LogP contribution in [0.25, 0.3) is 5.69 Å². The monoisotopic (exact) mass is 371 g/mol. The van der Waals surface area contributed by atoms with Crippen LogP contribution in [0.4, 0.5) is 10.5 Å². The molecule has 0 unspecified atom stereocenters. The molecule has 144 valence electrons. The molecule has 1 aromatic heterocycles. The van der Waals surface area contributed by atoms with Gasteiger partial charge in [-0.3, -0.25) is 4.90 Å². The average Bonchev–Trinajstić information content (AvgIpc) is 3.16. The first kappa shape index (κ1) is 17.7. The van der Waals surface area contributed by atoms with Gasteiger partial charge in [0, 0.05) is 43.0 Å². The first-order chi connectivity index (χ1) is 13.1. The quantitative estimate of drug-likeness (QED) is 0.881. The Morgan fingerprint density at radius 3 is 2.81 bits per heavy atom. The molecule has 9 nitrogen and oxygen atoms in total. The SMILES string of the molecule is COc1cc(NC(=O)N2CC(N3CCCC[C@@H]3C)C2)cc(-n2cnnn2)c1. The Bertz CT molecular complexity index is 789. The van der Waals surface area contributed by atoms with Crippen LogP contribution in [0.15, 0.2) is 24.5 Å². The van der Waals surface area contributed by atoms with E-state index in [1.807, 2.05) is 17.0 Å². The fourth-order valence-corrected chi connectivity index (χ4v) is 3.88. The Balaban J connectivity index is 1.39. The van der Waals surface area contributed by atoms with E-state index in [1.165, 1.54) is 30.3 Å². The van der Waals surface area contributed by atoms with Crippen molar-refractivity contribution in [2.45, 2.75) is 38.3 Å². The molecule has 1 aromatic carbocycles. The minimum atomic E-state index is -0.0909. The van der Waals surface area contributed by atoms with Crippen molar-refractivity contribution in [2.75, 3.05) is 32.1 Å². The summed E-state index contributed by atoms with van der Waals surface area (Å²) in [6, 6.07) is 6.42. The maximum atomic E-state index is 12.6. The summed E-state index contributed by atoms with van der Waals surface area (Å²) in [4.78, 5) is 17.0. The van der Waals surface area contributed by atoms with Gasteiger partial charge in [-0.05, 0) is 42.8 Å². The van der Waals surface area contributed by atoms with Crippen LogP contribution in [0.3, 0.4) is 0 Å². The fraction of sp³-hybridized carbons (Fsp3) is 0.556. The lowest BCUT2D eigenvalue weighted by molar-refractivity contribution is 0.0199. The number of nitrogens with zero attached hydrogens (tertiary/aromatic N) is 6. The predicted molar refractivity (Wildman–Crippen MR) is 100 cm³/mol. The van der Waals surface area contributed by atoms with Crippen molar-refractivity contribution in [3.63, 3.8) is 0 Å². The number of methoxy groups -OCH3 is 1. The molecule has 2 aliphatic rings. The topological polar surface area (TPSA) is 88.4 Å². The van der Waals surface area contributed by atoms with Crippen LogP contribution in [-0.2, 0) is 0 Å². The van der Waals surface area contributed by atoms with Gasteiger partial charge in [-0.15, -0.1) is 5.10 Å². The van der Waals surface area contributed by atoms with Gasteiger partial charge in [-0.1, -0.05) is 6.42 Å². The summed E-state index contributed by atoms with van der Waals surface area (Å²) in [6.07, 6.45) is 5.33. The summed E-state index contributed by atoms with van der Waals surface area (Å²) in [6.45, 7) is 4.99. The fourth-order valence-electron chi connectivity index (χ4n) is 3.88. The lowest BCUT2D eigenvalue weighted by atomic mass is 9.98. The predicted octanol–water partition coefficient (Wildman–Crippen LogP) is 1.76. The number of nitrogens with one attached hydrogen (secondary N) is 1. The lowest BCUT2D eigenvalue weighted by Crippen LogP contribution is -2.64. The molecule has 9 heteroatoms. The summed E-state index contributed by atoms with van der Waals surface area (Å²) in [7, 11) is 1.59. The number of anilines is 1. The van der Waals surface area contributed by atoms with E-state index in [2.05, 4.69) is 32.7 Å². The van der Waals surface area contributed by atoms with E-state index in [0.717, 1.165) is 25.3 Å². The van der Waals surface area contributed by atoms with Gasteiger partial charge in [0.25, 0.3) is 0 Å². The molecule has 1 atom stereocenters. The molecule has 2 fully saturated rings. The van der Waals surface area contributed by atoms with Crippen LogP contribution in [0, 0.1) is 0 Å². The zero-order valence-electron chi connectivity index (χ0n) is 15.7. The van der Waals surface area contributed by atoms with Gasteiger partial charge in [-0.2, -0.15) is 0 Å². The third-order valence-corrected chi connectivity index (χ3v) is 5.46. The van der Waals surface area contributed by atoms with Crippen molar-refractivity contribution < 1.29 is 9.53 Å². The number of amides is 2. The molecular weight excluding hydrogens is 346 g/mol. The van der Waals surface area contributed by atoms with Gasteiger partial charge in [0.1, 0.15) is 12.1 Å². The van der Waals surface area contributed by atoms with E-state index in [-0.39, 0.29) is 6.03 Å². The van der Waals surface area contributed by atoms with Gasteiger partial charge >= 0.3 is 6.03 Å². The van der Waals surface area contributed by atoms with E-state index in [9.17, 15) is 4.79 Å². The summed E-state index contributed by atoms with van der Waals surface area (Å²) in [5.74, 6) is 0.627. The molecule has 0 aliphatic carbocycles. The van der Waals surface area contributed by atoms with Crippen LogP contribution in [0.5, 0.6) is 5.75 Å². The molecule has 3 heterocycles. The number of urea groups is 1. The number of benzene rings is 1. The number of aromatic nitrogens is 4. The highest BCUT2D eigenvalue weighted by molar-refractivity contribution is 5.90. The van der Waals surface area contributed by atoms with Crippen LogP contribution >= 0.6 is 0 Å². The molecule has 27 heavy (non-hydrogen) atoms. The van der Waals surface area contributed by atoms with E-state index in [1.54, 1.807) is 13.2 Å². The van der Waals surface area contributed by atoms with Crippen molar-refractivity contribution >= 4 is 11.7 Å². The smallest absolute Gasteiger partial charge is 0.321 e. The normalized spacial score (nSPS) is 21.0. The number of ether oxygens (including phenoxy) is 1. The van der Waals surface area contributed by atoms with Gasteiger partial charge in [0.2, 0.25) is 0 Å². The maximum Gasteiger partial charge on any atom is 0.321 e. The van der Waals surface area contributed by atoms with Crippen molar-refractivity contribution in [2.24, 2.45) is 0 Å². The van der Waals surface area contributed by atoms with E-state index >= 15 is 0 Å². The van der Waals surface area contributed by atoms with Crippen molar-refractivity contribution in [3.8, 4) is 11.4 Å². The molecule has 0 spiro atoms. The van der Waals surface area contributed by atoms with Crippen molar-refractivity contribution in [1.29, 1.82) is 0 Å². The van der Waals surface area contributed by atoms with E-state index in [0.29, 0.717) is 23.5 Å². The van der Waals surface area contributed by atoms with Gasteiger partial charge in [-0.25, -0.2) is 9.48 Å². The van der Waals surface area contributed by atoms with Gasteiger partial charge in [0.05, 0.1) is 12.8 Å². The third kappa shape index (κ3) is 3.73. The molecule has 2 aromatic rings.